The van der Waals surface area contributed by atoms with E-state index in [0.717, 1.165) is 52.9 Å². The molecular weight excluding hydrogens is 388 g/mol. The van der Waals surface area contributed by atoms with E-state index in [-0.39, 0.29) is 0 Å². The number of nitriles is 1. The highest BCUT2D eigenvalue weighted by Crippen LogP contribution is 2.30. The highest BCUT2D eigenvalue weighted by atomic mass is 15.3. The summed E-state index contributed by atoms with van der Waals surface area (Å²) in [6.45, 7) is 5.76. The van der Waals surface area contributed by atoms with Crippen molar-refractivity contribution in [2.24, 2.45) is 5.73 Å². The van der Waals surface area contributed by atoms with Crippen LogP contribution in [0, 0.1) is 25.2 Å². The van der Waals surface area contributed by atoms with Crippen LogP contribution in [0.15, 0.2) is 30.5 Å². The minimum atomic E-state index is -0.518. The van der Waals surface area contributed by atoms with Gasteiger partial charge in [0, 0.05) is 36.1 Å². The van der Waals surface area contributed by atoms with Crippen molar-refractivity contribution in [3.63, 3.8) is 0 Å². The average Bonchev–Trinajstić information content (AvgIpc) is 3.26. The third-order valence-corrected chi connectivity index (χ3v) is 6.18. The third kappa shape index (κ3) is 4.02. The molecule has 1 fully saturated rings. The van der Waals surface area contributed by atoms with Gasteiger partial charge in [-0.3, -0.25) is 0 Å². The van der Waals surface area contributed by atoms with Crippen molar-refractivity contribution in [3.8, 4) is 6.07 Å². The van der Waals surface area contributed by atoms with Crippen LogP contribution in [0.2, 0.25) is 0 Å². The number of nitrogens with two attached hydrogens (primary N) is 1. The Labute approximate surface area is 182 Å². The van der Waals surface area contributed by atoms with Crippen molar-refractivity contribution in [1.82, 2.24) is 20.1 Å². The van der Waals surface area contributed by atoms with Gasteiger partial charge in [0.05, 0.1) is 17.3 Å². The molecule has 4 rings (SSSR count). The first-order valence-corrected chi connectivity index (χ1v) is 10.4. The van der Waals surface area contributed by atoms with Gasteiger partial charge in [0.25, 0.3) is 0 Å². The lowest BCUT2D eigenvalue weighted by molar-refractivity contribution is 0.315. The minimum absolute atomic E-state index is 0.518. The molecule has 31 heavy (non-hydrogen) atoms. The molecule has 3 aromatic rings. The van der Waals surface area contributed by atoms with Crippen LogP contribution in [0.1, 0.15) is 35.0 Å². The molecule has 0 saturated carbocycles. The number of pyridine rings is 1. The molecule has 8 heteroatoms. The Morgan fingerprint density at radius 1 is 1.26 bits per heavy atom. The van der Waals surface area contributed by atoms with Crippen LogP contribution in [-0.2, 0) is 0 Å². The largest absolute Gasteiger partial charge is 0.355 e. The van der Waals surface area contributed by atoms with E-state index in [1.807, 2.05) is 32.2 Å². The monoisotopic (exact) mass is 416 g/mol. The quantitative estimate of drug-likeness (QED) is 0.612. The summed E-state index contributed by atoms with van der Waals surface area (Å²) in [6, 6.07) is 10.4. The predicted octanol–water partition coefficient (Wildman–Crippen LogP) is 2.72. The van der Waals surface area contributed by atoms with Gasteiger partial charge in [0.15, 0.2) is 5.82 Å². The minimum Gasteiger partial charge on any atom is -0.355 e. The molecule has 8 nitrogen and oxygen atoms in total. The lowest BCUT2D eigenvalue weighted by Gasteiger charge is -2.22. The molecule has 160 valence electrons. The molecule has 2 aromatic heterocycles. The molecule has 0 unspecified atom stereocenters. The smallest absolute Gasteiger partial charge is 0.158 e. The molecule has 2 atom stereocenters. The number of anilines is 2. The van der Waals surface area contributed by atoms with Gasteiger partial charge in [-0.2, -0.15) is 10.4 Å². The molecule has 0 aliphatic carbocycles. The zero-order valence-electron chi connectivity index (χ0n) is 18.4. The zero-order chi connectivity index (χ0) is 22.1. The van der Waals surface area contributed by atoms with Crippen molar-refractivity contribution in [2.75, 3.05) is 37.4 Å². The summed E-state index contributed by atoms with van der Waals surface area (Å²) < 4.78 is 0. The van der Waals surface area contributed by atoms with Gasteiger partial charge in [0.1, 0.15) is 12.0 Å². The van der Waals surface area contributed by atoms with Crippen molar-refractivity contribution < 1.29 is 0 Å². The summed E-state index contributed by atoms with van der Waals surface area (Å²) in [5.41, 5.74) is 9.63. The van der Waals surface area contributed by atoms with E-state index in [9.17, 15) is 5.26 Å². The van der Waals surface area contributed by atoms with Crippen LogP contribution in [0.4, 0.5) is 11.6 Å². The molecular formula is C23H28N8. The Morgan fingerprint density at radius 2 is 2.06 bits per heavy atom. The maximum Gasteiger partial charge on any atom is 0.158 e. The summed E-state index contributed by atoms with van der Waals surface area (Å²) in [5, 5.41) is 23.2. The lowest BCUT2D eigenvalue weighted by Crippen LogP contribution is -2.31. The lowest BCUT2D eigenvalue weighted by atomic mass is 10.0. The average molecular weight is 417 g/mol. The Morgan fingerprint density at radius 3 is 2.77 bits per heavy atom. The molecule has 3 N–H and O–H groups in total. The Balaban J connectivity index is 1.68. The first-order valence-electron chi connectivity index (χ1n) is 10.4. The van der Waals surface area contributed by atoms with Crippen molar-refractivity contribution >= 4 is 22.4 Å². The van der Waals surface area contributed by atoms with E-state index >= 15 is 0 Å². The van der Waals surface area contributed by atoms with Gasteiger partial charge < -0.3 is 20.9 Å². The van der Waals surface area contributed by atoms with E-state index in [1.54, 1.807) is 6.07 Å². The number of hydrogen-bond acceptors (Lipinski definition) is 8. The van der Waals surface area contributed by atoms with E-state index < -0.39 is 6.17 Å². The Bertz CT molecular complexity index is 1150. The summed E-state index contributed by atoms with van der Waals surface area (Å²) in [4.78, 5) is 9.28. The van der Waals surface area contributed by atoms with Gasteiger partial charge in [-0.15, -0.1) is 5.10 Å². The van der Waals surface area contributed by atoms with Gasteiger partial charge >= 0.3 is 0 Å². The second-order valence-electron chi connectivity index (χ2n) is 8.33. The maximum atomic E-state index is 9.33. The molecule has 0 spiro atoms. The number of fused-ring (bicyclic) bond motifs is 1. The molecule has 0 amide bonds. The van der Waals surface area contributed by atoms with Gasteiger partial charge in [-0.25, -0.2) is 4.98 Å². The number of aromatic nitrogens is 3. The fraction of sp³-hybridized carbons (Fsp3) is 0.391. The first-order chi connectivity index (χ1) is 14.9. The van der Waals surface area contributed by atoms with Gasteiger partial charge in [0.2, 0.25) is 0 Å². The second-order valence-corrected chi connectivity index (χ2v) is 8.33. The zero-order valence-corrected chi connectivity index (χ0v) is 18.4. The number of rotatable bonds is 5. The van der Waals surface area contributed by atoms with E-state index in [1.165, 1.54) is 0 Å². The van der Waals surface area contributed by atoms with Gasteiger partial charge in [-0.05, 0) is 57.6 Å². The van der Waals surface area contributed by atoms with Gasteiger partial charge in [-0.1, -0.05) is 12.1 Å². The number of benzene rings is 1. The molecule has 1 aliphatic rings. The van der Waals surface area contributed by atoms with E-state index in [2.05, 4.69) is 51.5 Å². The molecule has 3 heterocycles. The van der Waals surface area contributed by atoms with Crippen LogP contribution in [0.3, 0.4) is 0 Å². The third-order valence-electron chi connectivity index (χ3n) is 6.18. The summed E-state index contributed by atoms with van der Waals surface area (Å²) in [6.07, 6.45) is 2.47. The summed E-state index contributed by atoms with van der Waals surface area (Å²) in [7, 11) is 4.24. The molecule has 0 radical (unpaired) electrons. The topological polar surface area (TPSA) is 107 Å². The van der Waals surface area contributed by atoms with E-state index in [0.29, 0.717) is 17.4 Å². The molecule has 1 aliphatic heterocycles. The van der Waals surface area contributed by atoms with Crippen LogP contribution in [0.25, 0.3) is 10.8 Å². The predicted molar refractivity (Wildman–Crippen MR) is 123 cm³/mol. The van der Waals surface area contributed by atoms with Crippen molar-refractivity contribution in [2.45, 2.75) is 32.5 Å². The van der Waals surface area contributed by atoms with Crippen LogP contribution in [0.5, 0.6) is 0 Å². The summed E-state index contributed by atoms with van der Waals surface area (Å²) in [5.74, 6) is 1.55. The fourth-order valence-electron chi connectivity index (χ4n) is 4.15. The number of nitrogens with one attached hydrogen (secondary N) is 1. The molecule has 1 saturated heterocycles. The normalized spacial score (nSPS) is 17.2. The Hall–Kier alpha value is -3.28. The number of aryl methyl sites for hydroxylation is 1. The number of likely N-dealkylation sites (N-methyl/N-ethyl adjacent to an activating group) is 1. The standard InChI is InChI=1S/C23H28N8/c1-14-16(11-24)6-5-7-18(14)22(25)27-23-19-10-21(26-12-20(19)15(2)28-29-23)31-9-8-17(13-31)30(3)4/h5-7,10,12,17,22H,8-9,13,25H2,1-4H3,(H,27,29)/t17-,22+/m1/s1. The van der Waals surface area contributed by atoms with E-state index in [4.69, 9.17) is 10.7 Å². The molecule has 1 aromatic carbocycles. The van der Waals surface area contributed by atoms with Crippen LogP contribution in [-0.4, -0.2) is 53.3 Å². The Kier molecular flexibility index (Phi) is 5.72. The fourth-order valence-corrected chi connectivity index (χ4v) is 4.15. The highest BCUT2D eigenvalue weighted by molar-refractivity contribution is 5.94. The van der Waals surface area contributed by atoms with Crippen LogP contribution >= 0.6 is 0 Å². The van der Waals surface area contributed by atoms with Crippen molar-refractivity contribution in [3.05, 3.63) is 52.8 Å². The molecule has 0 bridgehead atoms. The first kappa shape index (κ1) is 21.0. The SMILES string of the molecule is Cc1c(C#N)cccc1[C@@H](N)Nc1nnc(C)c2cnc(N3CC[C@@H](N(C)C)C3)cc12. The second kappa shape index (κ2) is 8.46. The summed E-state index contributed by atoms with van der Waals surface area (Å²) >= 11 is 0. The van der Waals surface area contributed by atoms with Crippen molar-refractivity contribution in [1.29, 1.82) is 5.26 Å². The number of hydrogen-bond donors (Lipinski definition) is 2. The highest BCUT2D eigenvalue weighted by Gasteiger charge is 2.25. The number of nitrogens with zero attached hydrogens (tertiary/aromatic N) is 6. The maximum absolute atomic E-state index is 9.33. The van der Waals surface area contributed by atoms with Crippen LogP contribution < -0.4 is 16.0 Å².